The van der Waals surface area contributed by atoms with Crippen LogP contribution in [0.3, 0.4) is 0 Å². The zero-order valence-electron chi connectivity index (χ0n) is 17.0. The summed E-state index contributed by atoms with van der Waals surface area (Å²) >= 11 is 0. The molecule has 4 atom stereocenters. The van der Waals surface area contributed by atoms with Crippen molar-refractivity contribution in [2.75, 3.05) is 19.7 Å². The van der Waals surface area contributed by atoms with Crippen LogP contribution in [0, 0.1) is 5.92 Å². The number of amides is 3. The quantitative estimate of drug-likeness (QED) is 0.320. The van der Waals surface area contributed by atoms with E-state index >= 15 is 0 Å². The third-order valence-electron chi connectivity index (χ3n) is 5.33. The molecule has 29 heavy (non-hydrogen) atoms. The van der Waals surface area contributed by atoms with Crippen LogP contribution >= 0.6 is 0 Å². The summed E-state index contributed by atoms with van der Waals surface area (Å²) in [6.07, 6.45) is 3.21. The van der Waals surface area contributed by atoms with Gasteiger partial charge in [0, 0.05) is 6.54 Å². The minimum absolute atomic E-state index is 0.0625. The molecule has 0 spiro atoms. The van der Waals surface area contributed by atoms with Crippen LogP contribution in [0.2, 0.25) is 0 Å². The van der Waals surface area contributed by atoms with Crippen molar-refractivity contribution < 1.29 is 29.4 Å². The summed E-state index contributed by atoms with van der Waals surface area (Å²) < 4.78 is 0. The summed E-state index contributed by atoms with van der Waals surface area (Å²) in [6, 6.07) is -3.29. The maximum atomic E-state index is 12.9. The first-order valence-corrected chi connectivity index (χ1v) is 10.2. The first-order valence-electron chi connectivity index (χ1n) is 10.2. The zero-order valence-corrected chi connectivity index (χ0v) is 17.0. The fraction of sp³-hybridized carbons (Fsp3) is 0.789. The van der Waals surface area contributed by atoms with Crippen LogP contribution in [0.1, 0.15) is 46.0 Å². The number of hydrogen-bond donors (Lipinski definition) is 5. The topological polar surface area (TPSA) is 148 Å². The van der Waals surface area contributed by atoms with Gasteiger partial charge >= 0.3 is 5.97 Å². The molecule has 164 valence electrons. The van der Waals surface area contributed by atoms with Gasteiger partial charge in [-0.05, 0) is 44.6 Å². The van der Waals surface area contributed by atoms with Crippen LogP contribution in [0.15, 0.2) is 0 Å². The lowest BCUT2D eigenvalue weighted by Crippen LogP contribution is -2.57. The van der Waals surface area contributed by atoms with E-state index in [1.54, 1.807) is 4.90 Å². The molecule has 3 amide bonds. The summed E-state index contributed by atoms with van der Waals surface area (Å²) in [5, 5.41) is 26.3. The van der Waals surface area contributed by atoms with Crippen molar-refractivity contribution in [2.24, 2.45) is 5.92 Å². The van der Waals surface area contributed by atoms with Crippen LogP contribution in [0.25, 0.3) is 0 Å². The predicted octanol–water partition coefficient (Wildman–Crippen LogP) is -1.18. The number of carboxylic acid groups (broad SMARTS) is 1. The van der Waals surface area contributed by atoms with E-state index in [0.717, 1.165) is 19.4 Å². The van der Waals surface area contributed by atoms with Crippen molar-refractivity contribution in [2.45, 2.75) is 70.1 Å². The lowest BCUT2D eigenvalue weighted by atomic mass is 10.0. The molecule has 2 aliphatic rings. The summed E-state index contributed by atoms with van der Waals surface area (Å²) in [5.41, 5.74) is 0. The van der Waals surface area contributed by atoms with Crippen molar-refractivity contribution in [3.05, 3.63) is 0 Å². The van der Waals surface area contributed by atoms with E-state index in [1.807, 2.05) is 13.8 Å². The van der Waals surface area contributed by atoms with Gasteiger partial charge in [-0.2, -0.15) is 0 Å². The van der Waals surface area contributed by atoms with E-state index in [1.165, 1.54) is 0 Å². The van der Waals surface area contributed by atoms with Gasteiger partial charge in [0.2, 0.25) is 17.7 Å². The number of carboxylic acids is 1. The average Bonchev–Trinajstić information content (AvgIpc) is 3.35. The van der Waals surface area contributed by atoms with E-state index in [9.17, 15) is 19.2 Å². The van der Waals surface area contributed by atoms with Gasteiger partial charge in [-0.25, -0.2) is 4.79 Å². The molecular formula is C19H32N4O6. The largest absolute Gasteiger partial charge is 0.480 e. The van der Waals surface area contributed by atoms with E-state index in [0.29, 0.717) is 25.8 Å². The van der Waals surface area contributed by atoms with E-state index in [-0.39, 0.29) is 17.9 Å². The molecule has 2 aliphatic heterocycles. The SMILES string of the molecule is CC(C)CC(NC(=O)C1CCCN1C(=O)C1CCCN1)C(=O)NC(CO)C(=O)O. The van der Waals surface area contributed by atoms with E-state index in [2.05, 4.69) is 16.0 Å². The van der Waals surface area contributed by atoms with Gasteiger partial charge in [0.25, 0.3) is 0 Å². The highest BCUT2D eigenvalue weighted by Gasteiger charge is 2.39. The number of hydrogen-bond acceptors (Lipinski definition) is 6. The van der Waals surface area contributed by atoms with Crippen molar-refractivity contribution in [3.63, 3.8) is 0 Å². The number of aliphatic carboxylic acids is 1. The Balaban J connectivity index is 2.04. The van der Waals surface area contributed by atoms with Gasteiger partial charge in [-0.3, -0.25) is 14.4 Å². The number of nitrogens with one attached hydrogen (secondary N) is 3. The molecule has 0 bridgehead atoms. The Morgan fingerprint density at radius 2 is 1.83 bits per heavy atom. The van der Waals surface area contributed by atoms with Crippen molar-refractivity contribution in [1.29, 1.82) is 0 Å². The van der Waals surface area contributed by atoms with E-state index in [4.69, 9.17) is 10.2 Å². The van der Waals surface area contributed by atoms with Gasteiger partial charge in [0.05, 0.1) is 12.6 Å². The molecule has 0 saturated carbocycles. The van der Waals surface area contributed by atoms with Crippen molar-refractivity contribution in [3.8, 4) is 0 Å². The first kappa shape index (κ1) is 23.1. The van der Waals surface area contributed by atoms with Crippen molar-refractivity contribution in [1.82, 2.24) is 20.9 Å². The molecule has 10 nitrogen and oxygen atoms in total. The normalized spacial score (nSPS) is 23.7. The summed E-state index contributed by atoms with van der Waals surface area (Å²) in [7, 11) is 0. The first-order chi connectivity index (χ1) is 13.7. The maximum Gasteiger partial charge on any atom is 0.328 e. The molecule has 5 N–H and O–H groups in total. The Bertz CT molecular complexity index is 620. The maximum absolute atomic E-state index is 12.9. The molecule has 4 unspecified atom stereocenters. The van der Waals surface area contributed by atoms with Crippen LogP contribution < -0.4 is 16.0 Å². The van der Waals surface area contributed by atoms with E-state index < -0.39 is 42.5 Å². The van der Waals surface area contributed by atoms with Gasteiger partial charge in [0.1, 0.15) is 18.1 Å². The molecule has 0 aromatic rings. The minimum atomic E-state index is -1.44. The second-order valence-corrected chi connectivity index (χ2v) is 8.11. The fourth-order valence-corrected chi connectivity index (χ4v) is 3.83. The number of aliphatic hydroxyl groups excluding tert-OH is 1. The van der Waals surface area contributed by atoms with Crippen LogP contribution in [-0.2, 0) is 19.2 Å². The smallest absolute Gasteiger partial charge is 0.328 e. The molecular weight excluding hydrogens is 380 g/mol. The standard InChI is InChI=1S/C19H32N4O6/c1-11(2)9-13(16(25)22-14(10-24)19(28)29)21-17(26)15-6-4-8-23(15)18(27)12-5-3-7-20-12/h11-15,20,24H,3-10H2,1-2H3,(H,21,26)(H,22,25)(H,28,29). The number of nitrogens with zero attached hydrogens (tertiary/aromatic N) is 1. The van der Waals surface area contributed by atoms with Gasteiger partial charge < -0.3 is 31.1 Å². The molecule has 0 radical (unpaired) electrons. The number of aliphatic hydroxyl groups is 1. The molecule has 0 aromatic carbocycles. The lowest BCUT2D eigenvalue weighted by Gasteiger charge is -2.29. The lowest BCUT2D eigenvalue weighted by molar-refractivity contribution is -0.144. The van der Waals surface area contributed by atoms with Gasteiger partial charge in [0.15, 0.2) is 0 Å². The summed E-state index contributed by atoms with van der Waals surface area (Å²) in [6.45, 7) is 4.30. The van der Waals surface area contributed by atoms with Crippen molar-refractivity contribution >= 4 is 23.7 Å². The second kappa shape index (κ2) is 10.5. The zero-order chi connectivity index (χ0) is 21.6. The van der Waals surface area contributed by atoms with Crippen LogP contribution in [-0.4, -0.2) is 82.7 Å². The Labute approximate surface area is 170 Å². The molecule has 0 aromatic heterocycles. The monoisotopic (exact) mass is 412 g/mol. The Morgan fingerprint density at radius 1 is 1.10 bits per heavy atom. The summed E-state index contributed by atoms with van der Waals surface area (Å²) in [5.74, 6) is -2.46. The predicted molar refractivity (Wildman–Crippen MR) is 104 cm³/mol. The Kier molecular flexibility index (Phi) is 8.39. The molecule has 10 heteroatoms. The minimum Gasteiger partial charge on any atom is -0.480 e. The third kappa shape index (κ3) is 6.14. The number of carbonyl (C=O) groups is 4. The fourth-order valence-electron chi connectivity index (χ4n) is 3.83. The number of carbonyl (C=O) groups excluding carboxylic acids is 3. The van der Waals surface area contributed by atoms with Crippen LogP contribution in [0.5, 0.6) is 0 Å². The molecule has 2 rings (SSSR count). The Hall–Kier alpha value is -2.20. The van der Waals surface area contributed by atoms with Gasteiger partial charge in [-0.1, -0.05) is 13.8 Å². The molecule has 2 heterocycles. The third-order valence-corrected chi connectivity index (χ3v) is 5.33. The van der Waals surface area contributed by atoms with Gasteiger partial charge in [-0.15, -0.1) is 0 Å². The second-order valence-electron chi connectivity index (χ2n) is 8.11. The van der Waals surface area contributed by atoms with Crippen LogP contribution in [0.4, 0.5) is 0 Å². The summed E-state index contributed by atoms with van der Waals surface area (Å²) in [4.78, 5) is 50.8. The average molecular weight is 412 g/mol. The number of rotatable bonds is 9. The molecule has 2 saturated heterocycles. The Morgan fingerprint density at radius 3 is 2.38 bits per heavy atom. The number of likely N-dealkylation sites (tertiary alicyclic amines) is 1. The highest BCUT2D eigenvalue weighted by atomic mass is 16.4. The molecule has 2 fully saturated rings. The highest BCUT2D eigenvalue weighted by molar-refractivity contribution is 5.94. The molecule has 0 aliphatic carbocycles. The highest BCUT2D eigenvalue weighted by Crippen LogP contribution is 2.21.